The van der Waals surface area contributed by atoms with E-state index in [9.17, 15) is 19.5 Å². The van der Waals surface area contributed by atoms with Gasteiger partial charge in [0.1, 0.15) is 6.54 Å². The normalized spacial score (nSPS) is 15.9. The molecule has 0 N–H and O–H groups in total. The first-order chi connectivity index (χ1) is 28.0. The Balaban J connectivity index is 1.61. The number of nitrogens with zero attached hydrogens (tertiary/aromatic N) is 4. The molecule has 0 fully saturated rings. The first kappa shape index (κ1) is 43.6. The van der Waals surface area contributed by atoms with Crippen LogP contribution in [-0.4, -0.2) is 60.0 Å². The highest BCUT2D eigenvalue weighted by Crippen LogP contribution is 2.44. The molecule has 0 aliphatic heterocycles. The van der Waals surface area contributed by atoms with Crippen molar-refractivity contribution >= 4 is 51.6 Å². The molecule has 0 heterocycles. The lowest BCUT2D eigenvalue weighted by molar-refractivity contribution is -0.439. The van der Waals surface area contributed by atoms with Crippen molar-refractivity contribution in [2.24, 2.45) is 0 Å². The lowest BCUT2D eigenvalue weighted by Gasteiger charge is -2.36. The van der Waals surface area contributed by atoms with Crippen molar-refractivity contribution in [3.63, 3.8) is 0 Å². The molecule has 3 aromatic carbocycles. The summed E-state index contributed by atoms with van der Waals surface area (Å²) in [5.41, 5.74) is 8.34. The number of hydrogen-bond donors (Lipinski definition) is 0. The van der Waals surface area contributed by atoms with E-state index in [1.165, 1.54) is 11.1 Å². The van der Waals surface area contributed by atoms with Crippen molar-refractivity contribution in [3.05, 3.63) is 124 Å². The van der Waals surface area contributed by atoms with E-state index < -0.39 is 11.5 Å². The van der Waals surface area contributed by atoms with Gasteiger partial charge < -0.3 is 19.8 Å². The van der Waals surface area contributed by atoms with Gasteiger partial charge in [-0.3, -0.25) is 14.4 Å². The van der Waals surface area contributed by atoms with Crippen LogP contribution >= 0.6 is 0 Å². The summed E-state index contributed by atoms with van der Waals surface area (Å²) in [5, 5.41) is 14.4. The summed E-state index contributed by atoms with van der Waals surface area (Å²) in [5.74, 6) is -1.06. The van der Waals surface area contributed by atoms with Crippen LogP contribution in [0.15, 0.2) is 108 Å². The number of Topliss-reactive ketones (excluding diaryl/α,β-unsaturated/α-hetero) is 1. The molecule has 5 rings (SSSR count). The predicted octanol–water partition coefficient (Wildman–Crippen LogP) is 9.76. The zero-order valence-electron chi connectivity index (χ0n) is 36.0. The van der Waals surface area contributed by atoms with Gasteiger partial charge in [0.2, 0.25) is 23.2 Å². The Morgan fingerprint density at radius 2 is 1.26 bits per heavy atom. The summed E-state index contributed by atoms with van der Waals surface area (Å²) in [7, 11) is 3.39. The van der Waals surface area contributed by atoms with Gasteiger partial charge in [-0.1, -0.05) is 90.5 Å². The quantitative estimate of drug-likeness (QED) is 0.0948. The van der Waals surface area contributed by atoms with Crippen LogP contribution in [0, 0.1) is 0 Å². The molecular formula is C50H62N4O4. The maximum absolute atomic E-state index is 14.4. The predicted molar refractivity (Wildman–Crippen MR) is 237 cm³/mol. The van der Waals surface area contributed by atoms with Gasteiger partial charge >= 0.3 is 0 Å². The van der Waals surface area contributed by atoms with E-state index in [2.05, 4.69) is 85.7 Å². The monoisotopic (exact) mass is 782 g/mol. The molecule has 0 unspecified atom stereocenters. The number of hydrogen-bond acceptors (Lipinski definition) is 5. The van der Waals surface area contributed by atoms with Gasteiger partial charge in [0, 0.05) is 97.8 Å². The second-order valence-corrected chi connectivity index (χ2v) is 15.3. The summed E-state index contributed by atoms with van der Waals surface area (Å²) < 4.78 is 2.21. The lowest BCUT2D eigenvalue weighted by Crippen LogP contribution is -2.35. The molecule has 306 valence electrons. The van der Waals surface area contributed by atoms with Crippen LogP contribution in [0.2, 0.25) is 0 Å². The van der Waals surface area contributed by atoms with E-state index in [0.717, 1.165) is 87.2 Å². The molecule has 3 aromatic rings. The lowest BCUT2D eigenvalue weighted by atomic mass is 9.78. The zero-order chi connectivity index (χ0) is 41.9. The van der Waals surface area contributed by atoms with E-state index in [1.807, 2.05) is 24.3 Å². The standard InChI is InChI=1S/C50H62N4O4/c1-9-15-17-35-19-23-37(24-20-35)53(31-11-3)39-27-29-41(43(33-39)51(7)45(55)13-5)47-49(57)48(50(47)58)42-30-28-40(34-44(42)52(8)46(56)14-6)54(32-12-4)38-25-21-36(22-26-38)18-16-10-2/h19-30,33-34H,9-18,31-32H2,1-8H3. The molecular weight excluding hydrogens is 721 g/mol. The summed E-state index contributed by atoms with van der Waals surface area (Å²) in [6.45, 7) is 13.7. The van der Waals surface area contributed by atoms with E-state index in [4.69, 9.17) is 0 Å². The molecule has 0 saturated carbocycles. The fourth-order valence-corrected chi connectivity index (χ4v) is 7.69. The smallest absolute Gasteiger partial charge is 0.226 e. The minimum Gasteiger partial charge on any atom is -0.871 e. The molecule has 0 saturated heterocycles. The van der Waals surface area contributed by atoms with Gasteiger partial charge in [-0.05, 0) is 73.6 Å². The van der Waals surface area contributed by atoms with Crippen LogP contribution in [0.3, 0.4) is 0 Å². The second-order valence-electron chi connectivity index (χ2n) is 15.3. The number of carbonyl (C=O) groups excluding carboxylic acids is 3. The van der Waals surface area contributed by atoms with E-state index in [0.29, 0.717) is 22.5 Å². The van der Waals surface area contributed by atoms with E-state index in [-0.39, 0.29) is 35.8 Å². The van der Waals surface area contributed by atoms with Crippen LogP contribution in [0.25, 0.3) is 5.57 Å². The highest BCUT2D eigenvalue weighted by molar-refractivity contribution is 6.40. The number of unbranched alkanes of at least 4 members (excludes halogenated alkanes) is 2. The fraction of sp³-hybridized carbons (Fsp3) is 0.400. The summed E-state index contributed by atoms with van der Waals surface area (Å²) in [6, 6.07) is 22.9. The average Bonchev–Trinajstić information content (AvgIpc) is 3.25. The SMILES string of the molecule is CCCCc1ccc(N(CCC)c2ccc(C3=C([O-])/C(=C4C=C/C(=[N+](\CCC)c5ccc(CCCC)cc5)C=C\4N(C)C(=O)CC)C3=O)c(N(C)C(=O)CC)c2)cc1. The van der Waals surface area contributed by atoms with Gasteiger partial charge in [0.05, 0.1) is 11.4 Å². The number of aryl methyl sites for hydroxylation is 2. The molecule has 0 radical (unpaired) electrons. The van der Waals surface area contributed by atoms with Gasteiger partial charge in [-0.2, -0.15) is 4.58 Å². The van der Waals surface area contributed by atoms with Crippen LogP contribution in [-0.2, 0) is 27.2 Å². The second kappa shape index (κ2) is 20.3. The Morgan fingerprint density at radius 3 is 1.81 bits per heavy atom. The number of ketones is 1. The molecule has 0 bridgehead atoms. The van der Waals surface area contributed by atoms with Crippen LogP contribution in [0.5, 0.6) is 0 Å². The zero-order valence-corrected chi connectivity index (χ0v) is 36.0. The van der Waals surface area contributed by atoms with Crippen molar-refractivity contribution in [2.45, 2.75) is 106 Å². The molecule has 0 spiro atoms. The van der Waals surface area contributed by atoms with Crippen molar-refractivity contribution in [2.75, 3.05) is 37.0 Å². The Labute approximate surface area is 346 Å². The number of carbonyl (C=O) groups is 3. The molecule has 0 aromatic heterocycles. The van der Waals surface area contributed by atoms with E-state index in [1.54, 1.807) is 49.9 Å². The van der Waals surface area contributed by atoms with Crippen LogP contribution < -0.4 is 14.9 Å². The number of allylic oxidation sites excluding steroid dienone is 5. The largest absolute Gasteiger partial charge is 0.871 e. The topological polar surface area (TPSA) is 87.0 Å². The van der Waals surface area contributed by atoms with Crippen LogP contribution in [0.1, 0.15) is 110 Å². The van der Waals surface area contributed by atoms with Crippen molar-refractivity contribution < 1.29 is 24.1 Å². The van der Waals surface area contributed by atoms with Crippen molar-refractivity contribution in [3.8, 4) is 0 Å². The van der Waals surface area contributed by atoms with Crippen molar-refractivity contribution in [1.29, 1.82) is 0 Å². The maximum Gasteiger partial charge on any atom is 0.226 e. The maximum atomic E-state index is 14.4. The minimum atomic E-state index is -0.399. The molecule has 58 heavy (non-hydrogen) atoms. The molecule has 8 heteroatoms. The Bertz CT molecular complexity index is 2140. The molecule has 2 amide bonds. The summed E-state index contributed by atoms with van der Waals surface area (Å²) in [4.78, 5) is 46.2. The first-order valence-corrected chi connectivity index (χ1v) is 21.4. The van der Waals surface area contributed by atoms with Gasteiger partial charge in [-0.15, -0.1) is 0 Å². The Hall–Kier alpha value is -5.50. The third-order valence-electron chi connectivity index (χ3n) is 11.1. The van der Waals surface area contributed by atoms with Gasteiger partial charge in [0.15, 0.2) is 5.78 Å². The summed E-state index contributed by atoms with van der Waals surface area (Å²) >= 11 is 0. The third kappa shape index (κ3) is 9.44. The third-order valence-corrected chi connectivity index (χ3v) is 11.1. The number of rotatable bonds is 18. The highest BCUT2D eigenvalue weighted by atomic mass is 16.3. The van der Waals surface area contributed by atoms with Gasteiger partial charge in [-0.25, -0.2) is 0 Å². The fourth-order valence-electron chi connectivity index (χ4n) is 7.69. The molecule has 2 aliphatic rings. The highest BCUT2D eigenvalue weighted by Gasteiger charge is 2.36. The summed E-state index contributed by atoms with van der Waals surface area (Å²) in [6.07, 6.45) is 14.6. The van der Waals surface area contributed by atoms with Gasteiger partial charge in [0.25, 0.3) is 0 Å². The first-order valence-electron chi connectivity index (χ1n) is 21.4. The number of benzene rings is 3. The number of likely N-dealkylation sites (N-methyl/N-ethyl adjacent to an activating group) is 1. The Kier molecular flexibility index (Phi) is 15.2. The molecule has 0 atom stereocenters. The number of amides is 2. The van der Waals surface area contributed by atoms with E-state index >= 15 is 0 Å². The average molecular weight is 783 g/mol. The molecule has 8 nitrogen and oxygen atoms in total. The Morgan fingerprint density at radius 1 is 0.672 bits per heavy atom. The number of anilines is 3. The van der Waals surface area contributed by atoms with Crippen molar-refractivity contribution in [1.82, 2.24) is 4.90 Å². The minimum absolute atomic E-state index is 0.0462. The molecule has 2 aliphatic carbocycles. The van der Waals surface area contributed by atoms with Crippen LogP contribution in [0.4, 0.5) is 22.7 Å².